The number of allylic oxidation sites excluding steroid dienone is 20. The van der Waals surface area contributed by atoms with E-state index in [1.807, 2.05) is 0 Å². The molecule has 0 rings (SSSR count). The molecule has 0 aromatic heterocycles. The molecule has 0 aliphatic heterocycles. The fraction of sp³-hybridized carbons (Fsp3) is 0.681. The molecule has 0 fully saturated rings. The molecular formula is C72H120O6. The number of hydrogen-bond donors (Lipinski definition) is 0. The number of ether oxygens (including phenoxy) is 3. The largest absolute Gasteiger partial charge is 0.462 e. The van der Waals surface area contributed by atoms with Crippen molar-refractivity contribution in [1.29, 1.82) is 0 Å². The van der Waals surface area contributed by atoms with Gasteiger partial charge >= 0.3 is 17.9 Å². The lowest BCUT2D eigenvalue weighted by molar-refractivity contribution is -0.167. The third-order valence-corrected chi connectivity index (χ3v) is 13.7. The molecule has 6 heteroatoms. The monoisotopic (exact) mass is 1080 g/mol. The standard InChI is InChI=1S/C72H120O6/c1-4-7-10-13-16-19-22-25-28-31-33-34-35-36-37-38-40-41-44-47-50-53-56-59-62-65-71(74)77-68-69(67-76-70(73)64-61-58-55-52-49-46-43-30-27-24-21-18-15-12-9-6-3)78-72(75)66-63-60-57-54-51-48-45-42-39-32-29-26-23-20-17-14-11-8-5-2/h7,10,16-17,19-21,24-26,28-30,33-34,36-37,39,42-43,69H,4-6,8-9,11-15,18,22-23,27,31-32,35,38,40-41,44-68H2,1-3H3/b10-7-,19-16-,20-17-,24-21-,28-25-,29-26-,34-33-,37-36-,42-39-,43-30-. The maximum atomic E-state index is 12.9. The van der Waals surface area contributed by atoms with Gasteiger partial charge in [0.25, 0.3) is 0 Å². The van der Waals surface area contributed by atoms with Crippen molar-refractivity contribution in [2.75, 3.05) is 13.2 Å². The Hall–Kier alpha value is -4.19. The Morgan fingerprint density at radius 1 is 0.269 bits per heavy atom. The van der Waals surface area contributed by atoms with Crippen molar-refractivity contribution in [3.8, 4) is 0 Å². The summed E-state index contributed by atoms with van der Waals surface area (Å²) in [5.41, 5.74) is 0. The first-order chi connectivity index (χ1) is 38.5. The van der Waals surface area contributed by atoms with Crippen LogP contribution in [-0.4, -0.2) is 37.2 Å². The van der Waals surface area contributed by atoms with E-state index in [0.29, 0.717) is 19.3 Å². The van der Waals surface area contributed by atoms with Gasteiger partial charge in [-0.15, -0.1) is 0 Å². The second-order valence-electron chi connectivity index (χ2n) is 21.3. The fourth-order valence-corrected chi connectivity index (χ4v) is 8.80. The zero-order valence-electron chi connectivity index (χ0n) is 50.9. The van der Waals surface area contributed by atoms with Crippen LogP contribution in [0.5, 0.6) is 0 Å². The first kappa shape index (κ1) is 73.8. The van der Waals surface area contributed by atoms with E-state index in [-0.39, 0.29) is 31.1 Å². The molecule has 0 bridgehead atoms. The van der Waals surface area contributed by atoms with E-state index < -0.39 is 6.10 Å². The van der Waals surface area contributed by atoms with Gasteiger partial charge in [-0.25, -0.2) is 0 Å². The van der Waals surface area contributed by atoms with Crippen LogP contribution in [0.1, 0.15) is 297 Å². The Bertz CT molecular complexity index is 1620. The molecule has 0 aliphatic carbocycles. The van der Waals surface area contributed by atoms with E-state index in [2.05, 4.69) is 142 Å². The molecule has 0 saturated heterocycles. The van der Waals surface area contributed by atoms with E-state index >= 15 is 0 Å². The number of esters is 3. The van der Waals surface area contributed by atoms with Gasteiger partial charge in [0.1, 0.15) is 13.2 Å². The molecule has 0 amide bonds. The third-order valence-electron chi connectivity index (χ3n) is 13.7. The fourth-order valence-electron chi connectivity index (χ4n) is 8.80. The minimum absolute atomic E-state index is 0.0933. The van der Waals surface area contributed by atoms with Gasteiger partial charge in [0, 0.05) is 19.3 Å². The molecule has 0 saturated carbocycles. The number of unbranched alkanes of at least 4 members (excludes halogenated alkanes) is 27. The number of hydrogen-bond acceptors (Lipinski definition) is 6. The smallest absolute Gasteiger partial charge is 0.306 e. The van der Waals surface area contributed by atoms with Crippen LogP contribution in [0.3, 0.4) is 0 Å². The van der Waals surface area contributed by atoms with Crippen LogP contribution in [-0.2, 0) is 28.6 Å². The molecule has 1 atom stereocenters. The number of rotatable bonds is 58. The highest BCUT2D eigenvalue weighted by Gasteiger charge is 2.19. The molecule has 78 heavy (non-hydrogen) atoms. The quantitative estimate of drug-likeness (QED) is 0.0261. The van der Waals surface area contributed by atoms with Gasteiger partial charge in [-0.2, -0.15) is 0 Å². The summed E-state index contributed by atoms with van der Waals surface area (Å²) in [7, 11) is 0. The Labute approximate surface area is 482 Å². The predicted molar refractivity (Wildman–Crippen MR) is 339 cm³/mol. The van der Waals surface area contributed by atoms with Crippen LogP contribution >= 0.6 is 0 Å². The normalized spacial score (nSPS) is 12.9. The highest BCUT2D eigenvalue weighted by Crippen LogP contribution is 2.15. The predicted octanol–water partition coefficient (Wildman–Crippen LogP) is 22.4. The minimum atomic E-state index is -0.799. The Morgan fingerprint density at radius 3 is 0.808 bits per heavy atom. The van der Waals surface area contributed by atoms with Crippen molar-refractivity contribution in [1.82, 2.24) is 0 Å². The van der Waals surface area contributed by atoms with Crippen molar-refractivity contribution >= 4 is 17.9 Å². The summed E-state index contributed by atoms with van der Waals surface area (Å²) in [4.78, 5) is 38.4. The van der Waals surface area contributed by atoms with Crippen LogP contribution in [0.25, 0.3) is 0 Å². The zero-order chi connectivity index (χ0) is 56.4. The van der Waals surface area contributed by atoms with Gasteiger partial charge in [0.2, 0.25) is 0 Å². The lowest BCUT2D eigenvalue weighted by Gasteiger charge is -2.18. The Kier molecular flexibility index (Phi) is 61.8. The van der Waals surface area contributed by atoms with E-state index in [9.17, 15) is 14.4 Å². The van der Waals surface area contributed by atoms with Gasteiger partial charge in [-0.05, 0) is 135 Å². The van der Waals surface area contributed by atoms with Crippen molar-refractivity contribution in [2.24, 2.45) is 0 Å². The lowest BCUT2D eigenvalue weighted by atomic mass is 10.1. The molecule has 0 N–H and O–H groups in total. The summed E-state index contributed by atoms with van der Waals surface area (Å²) >= 11 is 0. The van der Waals surface area contributed by atoms with Gasteiger partial charge in [0.05, 0.1) is 0 Å². The molecule has 0 aliphatic rings. The zero-order valence-corrected chi connectivity index (χ0v) is 50.9. The Morgan fingerprint density at radius 2 is 0.500 bits per heavy atom. The van der Waals surface area contributed by atoms with Crippen LogP contribution in [0.15, 0.2) is 122 Å². The van der Waals surface area contributed by atoms with Gasteiger partial charge < -0.3 is 14.2 Å². The van der Waals surface area contributed by atoms with Crippen molar-refractivity contribution in [3.05, 3.63) is 122 Å². The van der Waals surface area contributed by atoms with Crippen molar-refractivity contribution in [3.63, 3.8) is 0 Å². The maximum Gasteiger partial charge on any atom is 0.306 e. The van der Waals surface area contributed by atoms with Crippen LogP contribution in [0.2, 0.25) is 0 Å². The summed E-state index contributed by atoms with van der Waals surface area (Å²) in [6.45, 7) is 6.47. The van der Waals surface area contributed by atoms with Crippen LogP contribution < -0.4 is 0 Å². The third kappa shape index (κ3) is 62.7. The minimum Gasteiger partial charge on any atom is -0.462 e. The van der Waals surface area contributed by atoms with Crippen molar-refractivity contribution in [2.45, 2.75) is 303 Å². The molecule has 0 radical (unpaired) electrons. The molecule has 0 heterocycles. The van der Waals surface area contributed by atoms with Crippen LogP contribution in [0.4, 0.5) is 0 Å². The number of carbonyl (C=O) groups excluding carboxylic acids is 3. The Balaban J connectivity index is 4.42. The number of carbonyl (C=O) groups is 3. The molecule has 0 aromatic rings. The lowest BCUT2D eigenvalue weighted by Crippen LogP contribution is -2.30. The topological polar surface area (TPSA) is 78.9 Å². The summed E-state index contributed by atoms with van der Waals surface area (Å²) in [6.07, 6.45) is 90.5. The molecule has 1 unspecified atom stereocenters. The first-order valence-corrected chi connectivity index (χ1v) is 32.5. The highest BCUT2D eigenvalue weighted by molar-refractivity contribution is 5.71. The highest BCUT2D eigenvalue weighted by atomic mass is 16.6. The van der Waals surface area contributed by atoms with E-state index in [1.54, 1.807) is 0 Å². The average Bonchev–Trinajstić information content (AvgIpc) is 3.44. The summed E-state index contributed by atoms with van der Waals surface area (Å²) in [5.74, 6) is -0.920. The molecule has 444 valence electrons. The van der Waals surface area contributed by atoms with Crippen molar-refractivity contribution < 1.29 is 28.6 Å². The van der Waals surface area contributed by atoms with E-state index in [0.717, 1.165) is 148 Å². The maximum absolute atomic E-state index is 12.9. The molecular weight excluding hydrogens is 961 g/mol. The summed E-state index contributed by atoms with van der Waals surface area (Å²) in [5, 5.41) is 0. The summed E-state index contributed by atoms with van der Waals surface area (Å²) < 4.78 is 16.9. The van der Waals surface area contributed by atoms with E-state index in [1.165, 1.54) is 109 Å². The molecule has 6 nitrogen and oxygen atoms in total. The SMILES string of the molecule is CC/C=C\C/C=C\C/C=C\C/C=C\C/C=C\CCCCCCCCCCCC(=O)OCC(COC(=O)CCCCCCC/C=C\C/C=C\CCCCCC)OC(=O)CCCCCCCC/C=C\C/C=C\C/C=C\CCCCC. The molecule has 0 spiro atoms. The van der Waals surface area contributed by atoms with Gasteiger partial charge in [-0.3, -0.25) is 14.4 Å². The van der Waals surface area contributed by atoms with Gasteiger partial charge in [0.15, 0.2) is 6.10 Å². The van der Waals surface area contributed by atoms with Gasteiger partial charge in [-0.1, -0.05) is 264 Å². The summed E-state index contributed by atoms with van der Waals surface area (Å²) in [6, 6.07) is 0. The second kappa shape index (κ2) is 65.3. The molecule has 0 aromatic carbocycles. The second-order valence-corrected chi connectivity index (χ2v) is 21.3. The average molecular weight is 1080 g/mol. The first-order valence-electron chi connectivity index (χ1n) is 32.5. The van der Waals surface area contributed by atoms with Crippen LogP contribution in [0, 0.1) is 0 Å². The van der Waals surface area contributed by atoms with E-state index in [4.69, 9.17) is 14.2 Å².